The predicted octanol–water partition coefficient (Wildman–Crippen LogP) is 4.51. The van der Waals surface area contributed by atoms with Crippen LogP contribution >= 0.6 is 0 Å². The molecule has 0 N–H and O–H groups in total. The van der Waals surface area contributed by atoms with Gasteiger partial charge in [0.2, 0.25) is 0 Å². The Kier molecular flexibility index (Phi) is 8.68. The van der Waals surface area contributed by atoms with Crippen molar-refractivity contribution in [3.05, 3.63) is 90.0 Å². The number of piperidine rings is 1. The molecule has 0 aliphatic carbocycles. The van der Waals surface area contributed by atoms with E-state index in [0.717, 1.165) is 5.56 Å². The number of likely N-dealkylation sites (tertiary alicyclic amines) is 1. The zero-order valence-electron chi connectivity index (χ0n) is 21.6. The molecular formula is C29H32N2O6S. The standard InChI is InChI=1S/C29H32N2O6S/c1-3-37-29(33)24-14-10-18-30(21-24)28(32)23-13-9-15-25(19-23)38(34,35)31(20-22-11-5-4-6-12-22)26-16-7-8-17-27(26)36-2/h4-9,11-13,15-17,19,24H,3,10,14,18,20-21H2,1-2H3/t24-/m1/s1. The van der Waals surface area contributed by atoms with Crippen molar-refractivity contribution in [1.29, 1.82) is 0 Å². The minimum absolute atomic E-state index is 0.0101. The van der Waals surface area contributed by atoms with Crippen molar-refractivity contribution >= 4 is 27.6 Å². The lowest BCUT2D eigenvalue weighted by atomic mass is 9.97. The van der Waals surface area contributed by atoms with Crippen LogP contribution in [0.2, 0.25) is 0 Å². The van der Waals surface area contributed by atoms with Gasteiger partial charge in [0.1, 0.15) is 5.75 Å². The molecule has 3 aromatic rings. The van der Waals surface area contributed by atoms with Crippen LogP contribution in [-0.4, -0.2) is 52.0 Å². The number of sulfonamides is 1. The fourth-order valence-corrected chi connectivity index (χ4v) is 6.11. The van der Waals surface area contributed by atoms with E-state index in [1.807, 2.05) is 30.3 Å². The maximum Gasteiger partial charge on any atom is 0.310 e. The number of nitrogens with zero attached hydrogens (tertiary/aromatic N) is 2. The highest BCUT2D eigenvalue weighted by Gasteiger charge is 2.32. The first-order chi connectivity index (χ1) is 18.3. The minimum Gasteiger partial charge on any atom is -0.495 e. The SMILES string of the molecule is CCOC(=O)[C@@H]1CCCN(C(=O)c2cccc(S(=O)(=O)N(Cc3ccccc3)c3ccccc3OC)c2)C1. The average molecular weight is 537 g/mol. The molecule has 3 aromatic carbocycles. The number of esters is 1. The van der Waals surface area contributed by atoms with Gasteiger partial charge in [0.15, 0.2) is 0 Å². The molecule has 0 bridgehead atoms. The summed E-state index contributed by atoms with van der Waals surface area (Å²) in [5, 5.41) is 0. The molecule has 9 heteroatoms. The van der Waals surface area contributed by atoms with Gasteiger partial charge in [0, 0.05) is 18.7 Å². The number of rotatable bonds is 9. The van der Waals surface area contributed by atoms with Gasteiger partial charge in [-0.1, -0.05) is 48.5 Å². The number of amides is 1. The number of ether oxygens (including phenoxy) is 2. The van der Waals surface area contributed by atoms with Crippen LogP contribution in [0.1, 0.15) is 35.7 Å². The molecule has 200 valence electrons. The molecule has 1 fully saturated rings. The van der Waals surface area contributed by atoms with Gasteiger partial charge in [0.05, 0.1) is 36.8 Å². The van der Waals surface area contributed by atoms with Crippen molar-refractivity contribution in [2.45, 2.75) is 31.2 Å². The second-order valence-electron chi connectivity index (χ2n) is 9.04. The molecule has 0 spiro atoms. The zero-order chi connectivity index (χ0) is 27.1. The first-order valence-electron chi connectivity index (χ1n) is 12.6. The summed E-state index contributed by atoms with van der Waals surface area (Å²) in [6, 6.07) is 22.3. The molecule has 0 aromatic heterocycles. The highest BCUT2D eigenvalue weighted by molar-refractivity contribution is 7.92. The summed E-state index contributed by atoms with van der Waals surface area (Å²) >= 11 is 0. The first-order valence-corrected chi connectivity index (χ1v) is 14.0. The van der Waals surface area contributed by atoms with Crippen LogP contribution in [0.15, 0.2) is 83.8 Å². The normalized spacial score (nSPS) is 15.5. The zero-order valence-corrected chi connectivity index (χ0v) is 22.4. The summed E-state index contributed by atoms with van der Waals surface area (Å²) in [6.45, 7) is 2.86. The Morgan fingerprint density at radius 3 is 2.47 bits per heavy atom. The number of methoxy groups -OCH3 is 1. The maximum absolute atomic E-state index is 14.1. The Labute approximate surface area is 223 Å². The maximum atomic E-state index is 14.1. The van der Waals surface area contributed by atoms with Gasteiger partial charge in [0.25, 0.3) is 15.9 Å². The highest BCUT2D eigenvalue weighted by atomic mass is 32.2. The van der Waals surface area contributed by atoms with Crippen LogP contribution in [0.25, 0.3) is 0 Å². The number of hydrogen-bond acceptors (Lipinski definition) is 6. The van der Waals surface area contributed by atoms with E-state index >= 15 is 0 Å². The molecule has 1 heterocycles. The number of para-hydroxylation sites is 2. The summed E-state index contributed by atoms with van der Waals surface area (Å²) in [5.41, 5.74) is 1.44. The van der Waals surface area contributed by atoms with Gasteiger partial charge < -0.3 is 14.4 Å². The molecule has 8 nitrogen and oxygen atoms in total. The number of benzene rings is 3. The molecule has 1 aliphatic heterocycles. The topological polar surface area (TPSA) is 93.2 Å². The van der Waals surface area contributed by atoms with Crippen molar-refractivity contribution in [1.82, 2.24) is 4.90 Å². The molecular weight excluding hydrogens is 504 g/mol. The second-order valence-corrected chi connectivity index (χ2v) is 10.9. The quantitative estimate of drug-likeness (QED) is 0.374. The summed E-state index contributed by atoms with van der Waals surface area (Å²) in [5.74, 6) is -0.596. The molecule has 0 saturated carbocycles. The van der Waals surface area contributed by atoms with E-state index in [2.05, 4.69) is 0 Å². The average Bonchev–Trinajstić information content (AvgIpc) is 2.96. The van der Waals surface area contributed by atoms with Crippen molar-refractivity contribution in [3.63, 3.8) is 0 Å². The minimum atomic E-state index is -4.09. The Bertz CT molecular complexity index is 1380. The summed E-state index contributed by atoms with van der Waals surface area (Å²) < 4.78 is 40.0. The number of hydrogen-bond donors (Lipinski definition) is 0. The molecule has 38 heavy (non-hydrogen) atoms. The van der Waals surface area contributed by atoms with Crippen molar-refractivity contribution in [2.24, 2.45) is 5.92 Å². The number of carbonyl (C=O) groups is 2. The monoisotopic (exact) mass is 536 g/mol. The van der Waals surface area contributed by atoms with Gasteiger partial charge in [-0.2, -0.15) is 0 Å². The van der Waals surface area contributed by atoms with Crippen LogP contribution in [-0.2, 0) is 26.1 Å². The summed E-state index contributed by atoms with van der Waals surface area (Å²) in [4.78, 5) is 27.2. The largest absolute Gasteiger partial charge is 0.495 e. The lowest BCUT2D eigenvalue weighted by molar-refractivity contribution is -0.149. The third-order valence-corrected chi connectivity index (χ3v) is 8.28. The Hall–Kier alpha value is -3.85. The highest BCUT2D eigenvalue weighted by Crippen LogP contribution is 2.34. The van der Waals surface area contributed by atoms with Gasteiger partial charge in [-0.3, -0.25) is 13.9 Å². The molecule has 0 unspecified atom stereocenters. The van der Waals surface area contributed by atoms with E-state index in [4.69, 9.17) is 9.47 Å². The molecule has 1 atom stereocenters. The van der Waals surface area contributed by atoms with E-state index in [9.17, 15) is 18.0 Å². The fourth-order valence-electron chi connectivity index (χ4n) is 4.60. The lowest BCUT2D eigenvalue weighted by Gasteiger charge is -2.31. The first kappa shape index (κ1) is 27.2. The van der Waals surface area contributed by atoms with Crippen LogP contribution < -0.4 is 9.04 Å². The summed E-state index contributed by atoms with van der Waals surface area (Å²) in [7, 11) is -2.60. The van der Waals surface area contributed by atoms with E-state index in [1.54, 1.807) is 48.2 Å². The third-order valence-electron chi connectivity index (χ3n) is 6.52. The van der Waals surface area contributed by atoms with Crippen LogP contribution in [0.4, 0.5) is 5.69 Å². The Morgan fingerprint density at radius 2 is 1.74 bits per heavy atom. The molecule has 1 saturated heterocycles. The van der Waals surface area contributed by atoms with E-state index in [-0.39, 0.29) is 47.9 Å². The van der Waals surface area contributed by atoms with Crippen LogP contribution in [0, 0.1) is 5.92 Å². The van der Waals surface area contributed by atoms with E-state index in [1.165, 1.54) is 23.5 Å². The van der Waals surface area contributed by atoms with Gasteiger partial charge in [-0.05, 0) is 55.7 Å². The van der Waals surface area contributed by atoms with Crippen molar-refractivity contribution in [3.8, 4) is 5.75 Å². The number of carbonyl (C=O) groups excluding carboxylic acids is 2. The number of anilines is 1. The third kappa shape index (κ3) is 5.99. The predicted molar refractivity (Wildman–Crippen MR) is 145 cm³/mol. The Morgan fingerprint density at radius 1 is 1.00 bits per heavy atom. The molecule has 4 rings (SSSR count). The Balaban J connectivity index is 1.66. The molecule has 0 radical (unpaired) electrons. The van der Waals surface area contributed by atoms with Crippen LogP contribution in [0.5, 0.6) is 5.75 Å². The summed E-state index contributed by atoms with van der Waals surface area (Å²) in [6.07, 6.45) is 1.33. The van der Waals surface area contributed by atoms with Crippen LogP contribution in [0.3, 0.4) is 0 Å². The lowest BCUT2D eigenvalue weighted by Crippen LogP contribution is -2.42. The van der Waals surface area contributed by atoms with Crippen molar-refractivity contribution in [2.75, 3.05) is 31.1 Å². The smallest absolute Gasteiger partial charge is 0.310 e. The second kappa shape index (κ2) is 12.1. The van der Waals surface area contributed by atoms with Gasteiger partial charge >= 0.3 is 5.97 Å². The van der Waals surface area contributed by atoms with Gasteiger partial charge in [-0.15, -0.1) is 0 Å². The van der Waals surface area contributed by atoms with E-state index < -0.39 is 10.0 Å². The van der Waals surface area contributed by atoms with Gasteiger partial charge in [-0.25, -0.2) is 8.42 Å². The molecule has 1 aliphatic rings. The van der Waals surface area contributed by atoms with Crippen molar-refractivity contribution < 1.29 is 27.5 Å². The van der Waals surface area contributed by atoms with E-state index in [0.29, 0.717) is 30.8 Å². The molecule has 1 amide bonds. The fraction of sp³-hybridized carbons (Fsp3) is 0.310.